The number of halogens is 1. The lowest BCUT2D eigenvalue weighted by Crippen LogP contribution is -2.35. The first-order valence-corrected chi connectivity index (χ1v) is 7.59. The van der Waals surface area contributed by atoms with Crippen LogP contribution in [-0.4, -0.2) is 11.8 Å². The highest BCUT2D eigenvalue weighted by Crippen LogP contribution is 2.20. The Morgan fingerprint density at radius 2 is 1.68 bits per heavy atom. The number of rotatable bonds is 4. The van der Waals surface area contributed by atoms with E-state index in [4.69, 9.17) is 4.42 Å². The van der Waals surface area contributed by atoms with E-state index in [1.807, 2.05) is 30.3 Å². The molecule has 3 aromatic rings. The third-order valence-electron chi connectivity index (χ3n) is 3.59. The van der Waals surface area contributed by atoms with Gasteiger partial charge in [-0.25, -0.2) is 4.39 Å². The molecular weight excluding hydrogens is 323 g/mol. The fourth-order valence-corrected chi connectivity index (χ4v) is 2.25. The molecule has 0 aliphatic rings. The van der Waals surface area contributed by atoms with E-state index >= 15 is 0 Å². The molecule has 2 amide bonds. The van der Waals surface area contributed by atoms with Crippen LogP contribution in [0.5, 0.6) is 0 Å². The molecule has 0 saturated carbocycles. The summed E-state index contributed by atoms with van der Waals surface area (Å²) in [4.78, 5) is 23.6. The predicted molar refractivity (Wildman–Crippen MR) is 91.0 cm³/mol. The minimum atomic E-state index is -0.917. The van der Waals surface area contributed by atoms with E-state index in [-0.39, 0.29) is 12.2 Å². The van der Waals surface area contributed by atoms with Crippen molar-refractivity contribution in [2.45, 2.75) is 6.54 Å². The minimum Gasteiger partial charge on any atom is -0.472 e. The molecule has 0 atom stereocenters. The topological polar surface area (TPSA) is 71.3 Å². The SMILES string of the molecule is O=C(NCc1ccc(-c2ccoc2)cc1)C(=O)Nc1ccccc1F. The largest absolute Gasteiger partial charge is 0.472 e. The molecule has 0 aliphatic carbocycles. The second-order valence-corrected chi connectivity index (χ2v) is 5.33. The van der Waals surface area contributed by atoms with Crippen molar-refractivity contribution in [2.75, 3.05) is 5.32 Å². The lowest BCUT2D eigenvalue weighted by Gasteiger charge is -2.08. The van der Waals surface area contributed by atoms with Gasteiger partial charge in [-0.15, -0.1) is 0 Å². The Balaban J connectivity index is 1.55. The number of carbonyl (C=O) groups excluding carboxylic acids is 2. The maximum atomic E-state index is 13.5. The van der Waals surface area contributed by atoms with Crippen molar-refractivity contribution in [3.63, 3.8) is 0 Å². The van der Waals surface area contributed by atoms with E-state index in [1.165, 1.54) is 18.2 Å². The summed E-state index contributed by atoms with van der Waals surface area (Å²) >= 11 is 0. The number of hydrogen-bond donors (Lipinski definition) is 2. The van der Waals surface area contributed by atoms with Gasteiger partial charge in [-0.3, -0.25) is 9.59 Å². The molecule has 2 N–H and O–H groups in total. The number of amides is 2. The smallest absolute Gasteiger partial charge is 0.313 e. The Hall–Kier alpha value is -3.41. The van der Waals surface area contributed by atoms with Crippen molar-refractivity contribution in [3.8, 4) is 11.1 Å². The Bertz CT molecular complexity index is 874. The van der Waals surface area contributed by atoms with E-state index in [0.29, 0.717) is 0 Å². The van der Waals surface area contributed by atoms with Gasteiger partial charge in [-0.1, -0.05) is 36.4 Å². The van der Waals surface area contributed by atoms with Crippen molar-refractivity contribution in [3.05, 3.63) is 78.5 Å². The first-order valence-electron chi connectivity index (χ1n) is 7.59. The summed E-state index contributed by atoms with van der Waals surface area (Å²) in [5, 5.41) is 4.74. The second-order valence-electron chi connectivity index (χ2n) is 5.33. The maximum absolute atomic E-state index is 13.5. The second kappa shape index (κ2) is 7.44. The standard InChI is InChI=1S/C19H15FN2O3/c20-16-3-1-2-4-17(16)22-19(24)18(23)21-11-13-5-7-14(8-6-13)15-9-10-25-12-15/h1-10,12H,11H2,(H,21,23)(H,22,24). The van der Waals surface area contributed by atoms with Gasteiger partial charge in [0.2, 0.25) is 0 Å². The van der Waals surface area contributed by atoms with E-state index in [0.717, 1.165) is 16.7 Å². The van der Waals surface area contributed by atoms with E-state index in [1.54, 1.807) is 18.6 Å². The summed E-state index contributed by atoms with van der Waals surface area (Å²) in [7, 11) is 0. The van der Waals surface area contributed by atoms with Crippen LogP contribution in [0.3, 0.4) is 0 Å². The van der Waals surface area contributed by atoms with Crippen LogP contribution in [0.15, 0.2) is 71.5 Å². The minimum absolute atomic E-state index is 0.0351. The Morgan fingerprint density at radius 1 is 0.920 bits per heavy atom. The van der Waals surface area contributed by atoms with Gasteiger partial charge in [0.15, 0.2) is 0 Å². The highest BCUT2D eigenvalue weighted by Gasteiger charge is 2.15. The third kappa shape index (κ3) is 4.11. The fourth-order valence-electron chi connectivity index (χ4n) is 2.25. The quantitative estimate of drug-likeness (QED) is 0.717. The van der Waals surface area contributed by atoms with E-state index in [9.17, 15) is 14.0 Å². The van der Waals surface area contributed by atoms with Gasteiger partial charge in [-0.05, 0) is 29.3 Å². The molecule has 0 aliphatic heterocycles. The van der Waals surface area contributed by atoms with Crippen LogP contribution in [0.4, 0.5) is 10.1 Å². The number of anilines is 1. The van der Waals surface area contributed by atoms with Gasteiger partial charge in [0.05, 0.1) is 18.2 Å². The lowest BCUT2D eigenvalue weighted by atomic mass is 10.1. The highest BCUT2D eigenvalue weighted by atomic mass is 19.1. The van der Waals surface area contributed by atoms with Gasteiger partial charge in [0.1, 0.15) is 5.82 Å². The van der Waals surface area contributed by atoms with Crippen molar-refractivity contribution in [2.24, 2.45) is 0 Å². The number of benzene rings is 2. The fraction of sp³-hybridized carbons (Fsp3) is 0.0526. The van der Waals surface area contributed by atoms with Crippen LogP contribution in [0.25, 0.3) is 11.1 Å². The van der Waals surface area contributed by atoms with E-state index in [2.05, 4.69) is 10.6 Å². The van der Waals surface area contributed by atoms with Gasteiger partial charge < -0.3 is 15.1 Å². The molecule has 1 heterocycles. The molecule has 2 aromatic carbocycles. The molecule has 25 heavy (non-hydrogen) atoms. The number of para-hydroxylation sites is 1. The first-order chi connectivity index (χ1) is 12.1. The van der Waals surface area contributed by atoms with Gasteiger partial charge in [0.25, 0.3) is 0 Å². The third-order valence-corrected chi connectivity index (χ3v) is 3.59. The predicted octanol–water partition coefficient (Wildman–Crippen LogP) is 3.34. The van der Waals surface area contributed by atoms with Crippen molar-refractivity contribution in [1.82, 2.24) is 5.32 Å². The average molecular weight is 338 g/mol. The van der Waals surface area contributed by atoms with Crippen molar-refractivity contribution in [1.29, 1.82) is 0 Å². The molecule has 1 aromatic heterocycles. The van der Waals surface area contributed by atoms with Gasteiger partial charge in [-0.2, -0.15) is 0 Å². The van der Waals surface area contributed by atoms with Crippen LogP contribution < -0.4 is 10.6 Å². The molecule has 0 unspecified atom stereocenters. The van der Waals surface area contributed by atoms with Crippen molar-refractivity contribution >= 4 is 17.5 Å². The highest BCUT2D eigenvalue weighted by molar-refractivity contribution is 6.39. The molecule has 0 radical (unpaired) electrons. The zero-order chi connectivity index (χ0) is 17.6. The maximum Gasteiger partial charge on any atom is 0.313 e. The molecule has 0 saturated heterocycles. The summed E-state index contributed by atoms with van der Waals surface area (Å²) in [6.07, 6.45) is 3.24. The number of furan rings is 1. The summed E-state index contributed by atoms with van der Waals surface area (Å²) in [6.45, 7) is 0.190. The van der Waals surface area contributed by atoms with E-state index < -0.39 is 17.6 Å². The summed E-state index contributed by atoms with van der Waals surface area (Å²) in [5.74, 6) is -2.35. The summed E-state index contributed by atoms with van der Waals surface area (Å²) in [5.41, 5.74) is 2.74. The van der Waals surface area contributed by atoms with Crippen LogP contribution in [0, 0.1) is 5.82 Å². The molecular formula is C19H15FN2O3. The molecule has 0 fully saturated rings. The van der Waals surface area contributed by atoms with Crippen LogP contribution in [0.2, 0.25) is 0 Å². The Morgan fingerprint density at radius 3 is 2.36 bits per heavy atom. The zero-order valence-electron chi connectivity index (χ0n) is 13.2. The number of hydrogen-bond acceptors (Lipinski definition) is 3. The van der Waals surface area contributed by atoms with Crippen LogP contribution >= 0.6 is 0 Å². The molecule has 5 nitrogen and oxygen atoms in total. The summed E-state index contributed by atoms with van der Waals surface area (Å²) < 4.78 is 18.5. The van der Waals surface area contributed by atoms with Crippen LogP contribution in [0.1, 0.15) is 5.56 Å². The molecule has 126 valence electrons. The van der Waals surface area contributed by atoms with Gasteiger partial charge in [0, 0.05) is 12.1 Å². The summed E-state index contributed by atoms with van der Waals surface area (Å²) in [6, 6.07) is 15.0. The lowest BCUT2D eigenvalue weighted by molar-refractivity contribution is -0.136. The normalized spacial score (nSPS) is 10.3. The van der Waals surface area contributed by atoms with Crippen molar-refractivity contribution < 1.29 is 18.4 Å². The Kier molecular flexibility index (Phi) is 4.89. The van der Waals surface area contributed by atoms with Crippen LogP contribution in [-0.2, 0) is 16.1 Å². The first kappa shape index (κ1) is 16.4. The monoisotopic (exact) mass is 338 g/mol. The number of carbonyl (C=O) groups is 2. The molecule has 3 rings (SSSR count). The Labute approximate surface area is 143 Å². The molecule has 0 bridgehead atoms. The number of nitrogens with one attached hydrogen (secondary N) is 2. The molecule has 0 spiro atoms. The molecule has 6 heteroatoms. The average Bonchev–Trinajstić information content (AvgIpc) is 3.16. The van der Waals surface area contributed by atoms with Gasteiger partial charge >= 0.3 is 11.8 Å². The zero-order valence-corrected chi connectivity index (χ0v) is 13.2.